The molecule has 0 aliphatic heterocycles. The summed E-state index contributed by atoms with van der Waals surface area (Å²) < 4.78 is 16.1. The van der Waals surface area contributed by atoms with E-state index in [1.54, 1.807) is 14.2 Å². The van der Waals surface area contributed by atoms with Crippen molar-refractivity contribution in [2.24, 2.45) is 0 Å². The van der Waals surface area contributed by atoms with Gasteiger partial charge in [-0.25, -0.2) is 0 Å². The van der Waals surface area contributed by atoms with Crippen LogP contribution in [-0.2, 0) is 25.3 Å². The van der Waals surface area contributed by atoms with Crippen LogP contribution in [0, 0.1) is 9.96 Å². The molecule has 0 aliphatic rings. The van der Waals surface area contributed by atoms with E-state index in [4.69, 9.17) is 9.47 Å². The summed E-state index contributed by atoms with van der Waals surface area (Å²) in [5.41, 5.74) is 9.24. The maximum Gasteiger partial charge on any atom is 0.0743 e. The minimum absolute atomic E-state index is 0. The molecule has 4 aromatic rings. The van der Waals surface area contributed by atoms with Gasteiger partial charge in [0.25, 0.3) is 0 Å². The Morgan fingerprint density at radius 2 is 1.09 bits per heavy atom. The molecule has 3 aromatic carbocycles. The smallest absolute Gasteiger partial charge is 0.0743 e. The molecule has 0 saturated carbocycles. The fraction of sp³-hybridized carbons (Fsp3) is 0.447. The van der Waals surface area contributed by atoms with Gasteiger partial charge in [-0.15, -0.1) is 17.7 Å². The molecule has 0 unspecified atom stereocenters. The average Bonchev–Trinajstić information content (AvgIpc) is 3.35. The van der Waals surface area contributed by atoms with E-state index < -0.39 is 0 Å². The number of aromatic nitrogens is 2. The molecule has 0 bridgehead atoms. The van der Waals surface area contributed by atoms with Gasteiger partial charge in [0.1, 0.15) is 0 Å². The van der Waals surface area contributed by atoms with Crippen LogP contribution in [0.3, 0.4) is 0 Å². The third-order valence-electron chi connectivity index (χ3n) is 7.72. The van der Waals surface area contributed by atoms with Gasteiger partial charge >= 0.3 is 193 Å². The number of nitrogens with zero attached hydrogens (tertiary/aromatic N) is 3. The summed E-state index contributed by atoms with van der Waals surface area (Å²) in [5.74, 6) is 3.35. The predicted octanol–water partition coefficient (Wildman–Crippen LogP) is 6.41. The largest absolute Gasteiger partial charge is 1.00 e. The van der Waals surface area contributed by atoms with Crippen molar-refractivity contribution < 1.29 is 40.6 Å². The predicted molar refractivity (Wildman–Crippen MR) is 180 cm³/mol. The SMILES string of the molecule is CC(C)c1cccc(C(C)C)c1-n1ccn(-c2c(C(C)C)cccc2C(C)C)[c]1=[Pd].COc1[c-]c(CN(C)C)cc(OC)c1.[Cl-]. The quantitative estimate of drug-likeness (QED) is 0.140. The number of hydrogen-bond acceptors (Lipinski definition) is 3. The van der Waals surface area contributed by atoms with Gasteiger partial charge in [-0.3, -0.25) is 0 Å². The van der Waals surface area contributed by atoms with E-state index in [2.05, 4.69) is 143 Å². The van der Waals surface area contributed by atoms with E-state index >= 15 is 0 Å². The van der Waals surface area contributed by atoms with E-state index in [9.17, 15) is 0 Å². The summed E-state index contributed by atoms with van der Waals surface area (Å²) in [6, 6.07) is 20.4. The topological polar surface area (TPSA) is 31.6 Å². The molecule has 250 valence electrons. The van der Waals surface area contributed by atoms with Gasteiger partial charge < -0.3 is 26.8 Å². The number of benzene rings is 3. The molecule has 7 heteroatoms. The molecule has 0 radical (unpaired) electrons. The molecule has 1 aromatic heterocycles. The Balaban J connectivity index is 0.000000396. The van der Waals surface area contributed by atoms with Crippen molar-refractivity contribution in [1.29, 1.82) is 0 Å². The number of para-hydroxylation sites is 2. The number of ether oxygens (including phenoxy) is 2. The van der Waals surface area contributed by atoms with Gasteiger partial charge in [0.05, 0.1) is 14.2 Å². The fourth-order valence-corrected chi connectivity index (χ4v) is 6.07. The summed E-state index contributed by atoms with van der Waals surface area (Å²) in [6.45, 7) is 19.1. The normalized spacial score (nSPS) is 11.3. The Kier molecular flexibility index (Phi) is 14.9. The number of methoxy groups -OCH3 is 2. The number of imidazole rings is 1. The van der Waals surface area contributed by atoms with Crippen LogP contribution in [0.2, 0.25) is 0 Å². The van der Waals surface area contributed by atoms with Crippen LogP contribution >= 0.6 is 0 Å². The van der Waals surface area contributed by atoms with E-state index in [1.807, 2.05) is 26.2 Å². The molecule has 0 fully saturated rings. The molecule has 0 atom stereocenters. The maximum atomic E-state index is 5.16. The fourth-order valence-electron chi connectivity index (χ4n) is 5.49. The van der Waals surface area contributed by atoms with Crippen molar-refractivity contribution in [2.45, 2.75) is 85.6 Å². The van der Waals surface area contributed by atoms with Gasteiger partial charge in [-0.05, 0) is 14.1 Å². The van der Waals surface area contributed by atoms with Crippen molar-refractivity contribution in [3.63, 3.8) is 0 Å². The van der Waals surface area contributed by atoms with Crippen LogP contribution < -0.4 is 21.9 Å². The first-order chi connectivity index (χ1) is 20.8. The average molecular weight is 725 g/mol. The summed E-state index contributed by atoms with van der Waals surface area (Å²) >= 11 is 3.64. The van der Waals surface area contributed by atoms with Crippen molar-refractivity contribution in [3.8, 4) is 22.9 Å². The Hall–Kier alpha value is -2.62. The van der Waals surface area contributed by atoms with E-state index in [0.29, 0.717) is 29.4 Å². The zero-order chi connectivity index (χ0) is 32.7. The summed E-state index contributed by atoms with van der Waals surface area (Å²) in [4.78, 5) is 2.07. The molecule has 0 amide bonds. The summed E-state index contributed by atoms with van der Waals surface area (Å²) in [5, 5.41) is 0. The molecular formula is C38H52ClN3O2Pd-2. The molecule has 0 spiro atoms. The number of halogens is 1. The second-order valence-electron chi connectivity index (χ2n) is 12.8. The molecule has 4 rings (SSSR count). The Morgan fingerprint density at radius 1 is 0.689 bits per heavy atom. The minimum atomic E-state index is 0. The van der Waals surface area contributed by atoms with Crippen LogP contribution in [0.1, 0.15) is 107 Å². The van der Waals surface area contributed by atoms with Gasteiger partial charge in [0.2, 0.25) is 0 Å². The molecule has 0 aliphatic carbocycles. The molecule has 1 heterocycles. The van der Waals surface area contributed by atoms with E-state index in [1.165, 1.54) is 33.6 Å². The molecule has 45 heavy (non-hydrogen) atoms. The first-order valence-corrected chi connectivity index (χ1v) is 16.4. The van der Waals surface area contributed by atoms with Gasteiger partial charge in [-0.2, -0.15) is 0 Å². The number of rotatable bonds is 10. The Morgan fingerprint density at radius 3 is 1.40 bits per heavy atom. The maximum absolute atomic E-state index is 5.16. The van der Waals surface area contributed by atoms with Gasteiger partial charge in [0, 0.05) is 18.0 Å². The van der Waals surface area contributed by atoms with Crippen molar-refractivity contribution in [1.82, 2.24) is 14.0 Å². The molecular weight excluding hydrogens is 672 g/mol. The zero-order valence-corrected chi connectivity index (χ0v) is 31.5. The van der Waals surface area contributed by atoms with Crippen LogP contribution in [0.4, 0.5) is 0 Å². The molecule has 0 N–H and O–H groups in total. The first kappa shape index (κ1) is 38.6. The van der Waals surface area contributed by atoms with Gasteiger partial charge in [0.15, 0.2) is 0 Å². The zero-order valence-electron chi connectivity index (χ0n) is 29.1. The minimum Gasteiger partial charge on any atom is -1.00 e. The third-order valence-corrected chi connectivity index (χ3v) is 8.46. The summed E-state index contributed by atoms with van der Waals surface area (Å²) in [7, 11) is 7.30. The third kappa shape index (κ3) is 9.46. The Labute approximate surface area is 288 Å². The van der Waals surface area contributed by atoms with Crippen molar-refractivity contribution >= 4 is 0 Å². The van der Waals surface area contributed by atoms with Crippen molar-refractivity contribution in [2.75, 3.05) is 28.3 Å². The van der Waals surface area contributed by atoms with Crippen LogP contribution in [-0.4, -0.2) is 42.3 Å². The molecule has 5 nitrogen and oxygen atoms in total. The monoisotopic (exact) mass is 723 g/mol. The molecule has 0 saturated heterocycles. The first-order valence-electron chi connectivity index (χ1n) is 15.6. The second-order valence-corrected chi connectivity index (χ2v) is 13.5. The number of hydrogen-bond donors (Lipinski definition) is 0. The van der Waals surface area contributed by atoms with E-state index in [-0.39, 0.29) is 12.4 Å². The second kappa shape index (κ2) is 17.3. The summed E-state index contributed by atoms with van der Waals surface area (Å²) in [6.07, 6.45) is 4.43. The van der Waals surface area contributed by atoms with E-state index in [0.717, 1.165) is 21.7 Å². The van der Waals surface area contributed by atoms with Crippen molar-refractivity contribution in [3.05, 3.63) is 98.7 Å². The van der Waals surface area contributed by atoms with Crippen LogP contribution in [0.5, 0.6) is 11.5 Å². The van der Waals surface area contributed by atoms with Crippen LogP contribution in [0.15, 0.2) is 60.9 Å². The van der Waals surface area contributed by atoms with Gasteiger partial charge in [-0.1, -0.05) is 6.07 Å². The standard InChI is InChI=1S/C27H36N2.C11H16NO2.ClH.Pd/c1-18(2)22-11-9-12-23(19(3)4)26(22)28-15-16-29(17-28)27-24(20(5)6)13-10-14-25(27)21(7)8;1-12(2)8-9-5-10(13-3)7-11(6-9)14-4;;/h9-16,18-21H,1-8H3;5,7H,8H2,1-4H3;1H;/q;-1;;/p-1. The van der Waals surface area contributed by atoms with Crippen LogP contribution in [0.25, 0.3) is 11.4 Å². The Bertz CT molecular complexity index is 1430.